The van der Waals surface area contributed by atoms with Gasteiger partial charge < -0.3 is 48.3 Å². The van der Waals surface area contributed by atoms with Gasteiger partial charge in [0.1, 0.15) is 42.7 Å². The van der Waals surface area contributed by atoms with Crippen molar-refractivity contribution < 1.29 is 47.8 Å². The maximum absolute atomic E-state index is 13.5. The third-order valence-corrected chi connectivity index (χ3v) is 10.8. The molecule has 328 valence electrons. The molecule has 61 heavy (non-hydrogen) atoms. The minimum Gasteiger partial charge on any atom is -0.385 e. The number of benzene rings is 4. The summed E-state index contributed by atoms with van der Waals surface area (Å²) in [6, 6.07) is 37.5. The first-order chi connectivity index (χ1) is 29.6. The van der Waals surface area contributed by atoms with Gasteiger partial charge in [0.25, 0.3) is 9.70 Å². The summed E-state index contributed by atoms with van der Waals surface area (Å²) < 4.78 is 49.8. The van der Waals surface area contributed by atoms with Gasteiger partial charge in [-0.2, -0.15) is 0 Å². The fourth-order valence-electron chi connectivity index (χ4n) is 7.20. The molecule has 1 unspecified atom stereocenters. The van der Waals surface area contributed by atoms with Gasteiger partial charge in [-0.05, 0) is 42.0 Å². The Morgan fingerprint density at radius 3 is 1.69 bits per heavy atom. The average Bonchev–Trinajstić information content (AvgIpc) is 3.27. The van der Waals surface area contributed by atoms with Gasteiger partial charge in [-0.1, -0.05) is 162 Å². The second-order valence-corrected chi connectivity index (χ2v) is 17.2. The minimum atomic E-state index is -2.36. The second kappa shape index (κ2) is 23.9. The molecular formula is C47H54Cl3NO10. The van der Waals surface area contributed by atoms with E-state index in [9.17, 15) is 9.90 Å². The molecule has 4 aromatic rings. The molecule has 2 saturated heterocycles. The maximum atomic E-state index is 13.5. The molecule has 0 aliphatic carbocycles. The Kier molecular flexibility index (Phi) is 18.4. The molecular weight excluding hydrogens is 845 g/mol. The van der Waals surface area contributed by atoms with Crippen LogP contribution in [0.15, 0.2) is 134 Å². The highest BCUT2D eigenvalue weighted by Crippen LogP contribution is 2.35. The topological polar surface area (TPSA) is 123 Å². The highest BCUT2D eigenvalue weighted by molar-refractivity contribution is 6.76. The Labute approximate surface area is 373 Å². The molecule has 10 atom stereocenters. The van der Waals surface area contributed by atoms with E-state index in [2.05, 4.69) is 11.9 Å². The molecule has 0 bridgehead atoms. The quantitative estimate of drug-likeness (QED) is 0.0483. The number of carbonyl (C=O) groups excluding carboxylic acids is 1. The van der Waals surface area contributed by atoms with Crippen molar-refractivity contribution in [3.05, 3.63) is 156 Å². The molecule has 14 heteroatoms. The molecule has 2 aliphatic heterocycles. The lowest BCUT2D eigenvalue weighted by atomic mass is 9.94. The van der Waals surface area contributed by atoms with Gasteiger partial charge in [0.2, 0.25) is 0 Å². The van der Waals surface area contributed by atoms with Crippen LogP contribution in [0, 0.1) is 0 Å². The smallest absolute Gasteiger partial charge is 0.272 e. The molecule has 1 amide bonds. The summed E-state index contributed by atoms with van der Waals surface area (Å²) in [7, 11) is 0. The lowest BCUT2D eigenvalue weighted by Crippen LogP contribution is -2.69. The summed E-state index contributed by atoms with van der Waals surface area (Å²) in [5.74, 6) is -0.947. The van der Waals surface area contributed by atoms with E-state index >= 15 is 0 Å². The van der Waals surface area contributed by atoms with Crippen LogP contribution in [-0.4, -0.2) is 89.4 Å². The van der Waals surface area contributed by atoms with Crippen molar-refractivity contribution in [2.24, 2.45) is 0 Å². The molecule has 0 saturated carbocycles. The van der Waals surface area contributed by atoms with Crippen molar-refractivity contribution in [3.63, 3.8) is 0 Å². The lowest BCUT2D eigenvalue weighted by molar-refractivity contribution is -0.352. The minimum absolute atomic E-state index is 0.0363. The van der Waals surface area contributed by atoms with Gasteiger partial charge in [0.05, 0.1) is 45.7 Å². The summed E-state index contributed by atoms with van der Waals surface area (Å²) in [5.41, 5.74) is 3.66. The first-order valence-electron chi connectivity index (χ1n) is 20.4. The first kappa shape index (κ1) is 47.1. The average molecular weight is 899 g/mol. The summed E-state index contributed by atoms with van der Waals surface area (Å²) in [4.78, 5) is 13.5. The number of hydrogen-bond acceptors (Lipinski definition) is 10. The molecule has 6 rings (SSSR count). The second-order valence-electron chi connectivity index (χ2n) is 14.9. The summed E-state index contributed by atoms with van der Waals surface area (Å²) in [5, 5.41) is 15.1. The van der Waals surface area contributed by atoms with Gasteiger partial charge in [0, 0.05) is 0 Å². The Balaban J connectivity index is 1.34. The lowest BCUT2D eigenvalue weighted by Gasteiger charge is -2.49. The number of halogens is 3. The number of hydrogen-bond donors (Lipinski definition) is 2. The normalized spacial score (nSPS) is 26.7. The van der Waals surface area contributed by atoms with Crippen molar-refractivity contribution in [2.75, 3.05) is 13.2 Å². The Morgan fingerprint density at radius 1 is 0.689 bits per heavy atom. The predicted molar refractivity (Wildman–Crippen MR) is 233 cm³/mol. The largest absolute Gasteiger partial charge is 0.385 e. The highest BCUT2D eigenvalue weighted by atomic mass is 35.6. The monoisotopic (exact) mass is 897 g/mol. The van der Waals surface area contributed by atoms with Crippen LogP contribution in [0.4, 0.5) is 0 Å². The molecule has 2 heterocycles. The van der Waals surface area contributed by atoms with Crippen LogP contribution in [0.25, 0.3) is 0 Å². The van der Waals surface area contributed by atoms with Crippen LogP contribution in [0.3, 0.4) is 0 Å². The first-order valence-corrected chi connectivity index (χ1v) is 21.6. The van der Waals surface area contributed by atoms with E-state index in [0.717, 1.165) is 22.3 Å². The number of aliphatic hydroxyl groups excluding tert-OH is 1. The predicted octanol–water partition coefficient (Wildman–Crippen LogP) is 8.01. The number of ether oxygens (including phenoxy) is 8. The number of unbranched alkanes of at least 4 members (excludes halogenated alkanes) is 1. The highest BCUT2D eigenvalue weighted by Gasteiger charge is 2.54. The number of aliphatic hydroxyl groups is 1. The number of amides is 1. The Morgan fingerprint density at radius 2 is 1.18 bits per heavy atom. The van der Waals surface area contributed by atoms with E-state index in [-0.39, 0.29) is 39.6 Å². The third-order valence-electron chi connectivity index (χ3n) is 10.3. The van der Waals surface area contributed by atoms with Crippen molar-refractivity contribution in [1.82, 2.24) is 5.32 Å². The van der Waals surface area contributed by atoms with E-state index in [0.29, 0.717) is 12.8 Å². The van der Waals surface area contributed by atoms with E-state index in [1.54, 1.807) is 6.08 Å². The molecule has 2 aliphatic rings. The summed E-state index contributed by atoms with van der Waals surface area (Å²) in [6.45, 7) is 6.74. The van der Waals surface area contributed by atoms with Crippen LogP contribution >= 0.6 is 34.8 Å². The number of allylic oxidation sites excluding steroid dienone is 1. The number of nitrogens with one attached hydrogen (secondary N) is 1. The SMILES string of the molecule is C=CCCCOC1O[C@H](COCc2ccccc2)[C@H](OCc2ccccc2)[C@H](O[C@@H]2O[C@@H](C)[C@H](OCc3ccccc3)[C@@H](OCc3ccccc3)[C@H]2O)[C@H]1NC(=O)C(Cl)(Cl)Cl. The van der Waals surface area contributed by atoms with Crippen LogP contribution in [0.1, 0.15) is 42.0 Å². The number of carbonyl (C=O) groups is 1. The van der Waals surface area contributed by atoms with E-state index in [4.69, 9.17) is 72.7 Å². The van der Waals surface area contributed by atoms with Gasteiger partial charge >= 0.3 is 0 Å². The van der Waals surface area contributed by atoms with Gasteiger partial charge in [-0.15, -0.1) is 6.58 Å². The number of rotatable bonds is 21. The van der Waals surface area contributed by atoms with Crippen molar-refractivity contribution in [2.45, 2.75) is 111 Å². The van der Waals surface area contributed by atoms with Crippen molar-refractivity contribution >= 4 is 40.7 Å². The standard InChI is InChI=1S/C47H54Cl3NO10/c1-3-4-17-26-55-44-38(51-46(53)47(48,49)50)42(41(57-29-35-22-13-7-14-23-35)37(60-44)31-54-27-33-18-9-5-10-19-33)61-45-39(52)43(58-30-36-24-15-8-16-25-36)40(32(2)59-45)56-28-34-20-11-6-12-21-34/h3,5-16,18-25,32,37-45,52H,1,4,17,26-31H2,2H3,(H,51,53)/t32-,37+,38+,39+,40-,41-,42+,43-,44?,45-/m0/s1. The summed E-state index contributed by atoms with van der Waals surface area (Å²) in [6.07, 6.45) is -6.05. The zero-order chi connectivity index (χ0) is 43.0. The van der Waals surface area contributed by atoms with Crippen LogP contribution in [0.2, 0.25) is 0 Å². The van der Waals surface area contributed by atoms with Crippen molar-refractivity contribution in [3.8, 4) is 0 Å². The zero-order valence-electron chi connectivity index (χ0n) is 34.0. The third kappa shape index (κ3) is 14.0. The summed E-state index contributed by atoms with van der Waals surface area (Å²) >= 11 is 18.4. The number of alkyl halides is 3. The maximum Gasteiger partial charge on any atom is 0.272 e. The van der Waals surface area contributed by atoms with Gasteiger partial charge in [-0.3, -0.25) is 4.79 Å². The fourth-order valence-corrected chi connectivity index (χ4v) is 7.36. The van der Waals surface area contributed by atoms with E-state index in [1.807, 2.05) is 128 Å². The molecule has 4 aromatic carbocycles. The van der Waals surface area contributed by atoms with E-state index < -0.39 is 71.0 Å². The zero-order valence-corrected chi connectivity index (χ0v) is 36.3. The van der Waals surface area contributed by atoms with Gasteiger partial charge in [0.15, 0.2) is 12.6 Å². The van der Waals surface area contributed by atoms with Crippen LogP contribution in [-0.2, 0) is 69.1 Å². The van der Waals surface area contributed by atoms with Crippen molar-refractivity contribution in [1.29, 1.82) is 0 Å². The Bertz CT molecular complexity index is 1880. The van der Waals surface area contributed by atoms with Gasteiger partial charge in [-0.25, -0.2) is 0 Å². The molecule has 2 N–H and O–H groups in total. The van der Waals surface area contributed by atoms with Crippen LogP contribution < -0.4 is 5.32 Å². The molecule has 0 radical (unpaired) electrons. The Hall–Kier alpha value is -3.40. The molecule has 2 fully saturated rings. The molecule has 11 nitrogen and oxygen atoms in total. The molecule has 0 spiro atoms. The van der Waals surface area contributed by atoms with Crippen LogP contribution in [0.5, 0.6) is 0 Å². The van der Waals surface area contributed by atoms with E-state index in [1.165, 1.54) is 0 Å². The fraction of sp³-hybridized carbons (Fsp3) is 0.426. The molecule has 0 aromatic heterocycles.